The molecule has 1 atom stereocenters. The summed E-state index contributed by atoms with van der Waals surface area (Å²) in [5.74, 6) is 1.09. The maximum absolute atomic E-state index is 11.1. The van der Waals surface area contributed by atoms with Crippen LogP contribution in [0.3, 0.4) is 0 Å². The molecule has 6 nitrogen and oxygen atoms in total. The maximum Gasteiger partial charge on any atom is 0.323 e. The molecule has 28 heavy (non-hydrogen) atoms. The molecule has 0 saturated heterocycles. The van der Waals surface area contributed by atoms with Gasteiger partial charge in [-0.05, 0) is 43.7 Å². The minimum Gasteiger partial charge on any atom is -0.493 e. The summed E-state index contributed by atoms with van der Waals surface area (Å²) in [4.78, 5) is 15.7. The molecule has 1 heterocycles. The first-order valence-corrected chi connectivity index (χ1v) is 9.11. The van der Waals surface area contributed by atoms with Crippen LogP contribution < -0.4 is 10.5 Å². The monoisotopic (exact) mass is 380 g/mol. The zero-order valence-electron chi connectivity index (χ0n) is 16.0. The SMILES string of the molecule is Cc1oc(-c2ccccc2)nc1CCOc1ccc(C[C@](C)(N)C(=O)O)cc1. The van der Waals surface area contributed by atoms with Crippen LogP contribution in [0.5, 0.6) is 5.75 Å². The van der Waals surface area contributed by atoms with Gasteiger partial charge in [0.2, 0.25) is 5.89 Å². The highest BCUT2D eigenvalue weighted by Crippen LogP contribution is 2.22. The van der Waals surface area contributed by atoms with E-state index in [0.29, 0.717) is 24.7 Å². The Hall–Kier alpha value is -3.12. The minimum absolute atomic E-state index is 0.253. The minimum atomic E-state index is -1.29. The molecular weight excluding hydrogens is 356 g/mol. The number of aromatic nitrogens is 1. The van der Waals surface area contributed by atoms with E-state index in [9.17, 15) is 4.79 Å². The first kappa shape index (κ1) is 19.6. The summed E-state index contributed by atoms with van der Waals surface area (Å²) in [6.07, 6.45) is 0.882. The molecule has 0 fully saturated rings. The Kier molecular flexibility index (Phi) is 5.80. The number of carboxylic acids is 1. The molecule has 146 valence electrons. The average Bonchev–Trinajstić information content (AvgIpc) is 3.04. The van der Waals surface area contributed by atoms with Gasteiger partial charge in [-0.3, -0.25) is 4.79 Å². The second-order valence-corrected chi connectivity index (χ2v) is 7.03. The highest BCUT2D eigenvalue weighted by molar-refractivity contribution is 5.78. The first-order chi connectivity index (χ1) is 13.3. The van der Waals surface area contributed by atoms with Crippen LogP contribution in [0.1, 0.15) is 23.9 Å². The van der Waals surface area contributed by atoms with Gasteiger partial charge in [0.15, 0.2) is 0 Å². The second-order valence-electron chi connectivity index (χ2n) is 7.03. The van der Waals surface area contributed by atoms with Gasteiger partial charge in [0.05, 0.1) is 12.3 Å². The molecule has 0 radical (unpaired) electrons. The average molecular weight is 380 g/mol. The Morgan fingerprint density at radius 1 is 1.18 bits per heavy atom. The van der Waals surface area contributed by atoms with Crippen LogP contribution in [0.4, 0.5) is 0 Å². The highest BCUT2D eigenvalue weighted by atomic mass is 16.5. The van der Waals surface area contributed by atoms with Gasteiger partial charge in [-0.1, -0.05) is 30.3 Å². The predicted molar refractivity (Wildman–Crippen MR) is 106 cm³/mol. The van der Waals surface area contributed by atoms with Crippen molar-refractivity contribution in [3.05, 3.63) is 71.6 Å². The third-order valence-corrected chi connectivity index (χ3v) is 4.50. The van der Waals surface area contributed by atoms with E-state index in [2.05, 4.69) is 4.98 Å². The van der Waals surface area contributed by atoms with E-state index in [4.69, 9.17) is 20.0 Å². The van der Waals surface area contributed by atoms with Crippen LogP contribution in [0.15, 0.2) is 59.0 Å². The number of hydrogen-bond acceptors (Lipinski definition) is 5. The lowest BCUT2D eigenvalue weighted by Crippen LogP contribution is -2.46. The van der Waals surface area contributed by atoms with E-state index in [-0.39, 0.29) is 6.42 Å². The molecule has 6 heteroatoms. The van der Waals surface area contributed by atoms with Crippen molar-refractivity contribution in [1.82, 2.24) is 4.98 Å². The number of ether oxygens (including phenoxy) is 1. The summed E-state index contributed by atoms with van der Waals surface area (Å²) in [6.45, 7) is 3.87. The topological polar surface area (TPSA) is 98.6 Å². The maximum atomic E-state index is 11.1. The molecule has 0 aliphatic carbocycles. The number of nitrogens with two attached hydrogens (primary N) is 1. The molecule has 3 aromatic rings. The number of carboxylic acid groups (broad SMARTS) is 1. The fourth-order valence-corrected chi connectivity index (χ4v) is 2.83. The molecule has 2 aromatic carbocycles. The lowest BCUT2D eigenvalue weighted by molar-refractivity contribution is -0.142. The van der Waals surface area contributed by atoms with Crippen molar-refractivity contribution in [2.24, 2.45) is 5.73 Å². The molecule has 0 bridgehead atoms. The van der Waals surface area contributed by atoms with Gasteiger partial charge in [-0.15, -0.1) is 0 Å². The predicted octanol–water partition coefficient (Wildman–Crippen LogP) is 3.62. The van der Waals surface area contributed by atoms with Crippen LogP contribution in [0.25, 0.3) is 11.5 Å². The Balaban J connectivity index is 1.56. The molecule has 3 rings (SSSR count). The zero-order chi connectivity index (χ0) is 20.1. The standard InChI is InChI=1S/C22H24N2O4/c1-15-19(24-20(28-15)17-6-4-3-5-7-17)12-13-27-18-10-8-16(9-11-18)14-22(2,23)21(25)26/h3-11H,12-14,23H2,1-2H3,(H,25,26)/t22-/m0/s1. The Bertz CT molecular complexity index is 931. The molecular formula is C22H24N2O4. The first-order valence-electron chi connectivity index (χ1n) is 9.11. The van der Waals surface area contributed by atoms with Crippen LogP contribution >= 0.6 is 0 Å². The lowest BCUT2D eigenvalue weighted by atomic mass is 9.94. The van der Waals surface area contributed by atoms with E-state index in [1.165, 1.54) is 6.92 Å². The summed E-state index contributed by atoms with van der Waals surface area (Å²) >= 11 is 0. The van der Waals surface area contributed by atoms with E-state index in [1.807, 2.05) is 61.5 Å². The fraction of sp³-hybridized carbons (Fsp3) is 0.273. The molecule has 0 aliphatic rings. The van der Waals surface area contributed by atoms with Gasteiger partial charge < -0.3 is 20.0 Å². The summed E-state index contributed by atoms with van der Waals surface area (Å²) in [6, 6.07) is 17.1. The van der Waals surface area contributed by atoms with Crippen molar-refractivity contribution in [3.8, 4) is 17.2 Å². The molecule has 0 spiro atoms. The number of hydrogen-bond donors (Lipinski definition) is 2. The number of rotatable bonds is 8. The number of carbonyl (C=O) groups is 1. The van der Waals surface area contributed by atoms with Crippen LogP contribution in [0, 0.1) is 6.92 Å². The van der Waals surface area contributed by atoms with E-state index in [1.54, 1.807) is 0 Å². The highest BCUT2D eigenvalue weighted by Gasteiger charge is 2.27. The molecule has 1 aromatic heterocycles. The van der Waals surface area contributed by atoms with Crippen molar-refractivity contribution >= 4 is 5.97 Å². The summed E-state index contributed by atoms with van der Waals surface area (Å²) in [5.41, 5.74) is 7.16. The third-order valence-electron chi connectivity index (χ3n) is 4.50. The second kappa shape index (κ2) is 8.27. The van der Waals surface area contributed by atoms with Crippen LogP contribution in [-0.2, 0) is 17.6 Å². The van der Waals surface area contributed by atoms with Gasteiger partial charge in [0.25, 0.3) is 0 Å². The molecule has 0 saturated carbocycles. The Morgan fingerprint density at radius 2 is 1.86 bits per heavy atom. The fourth-order valence-electron chi connectivity index (χ4n) is 2.83. The Labute approximate surface area is 164 Å². The number of nitrogens with zero attached hydrogens (tertiary/aromatic N) is 1. The van der Waals surface area contributed by atoms with Crippen molar-refractivity contribution in [2.75, 3.05) is 6.61 Å². The van der Waals surface area contributed by atoms with E-state index < -0.39 is 11.5 Å². The quantitative estimate of drug-likeness (QED) is 0.619. The van der Waals surface area contributed by atoms with Gasteiger partial charge in [-0.25, -0.2) is 4.98 Å². The van der Waals surface area contributed by atoms with Crippen LogP contribution in [-0.4, -0.2) is 28.2 Å². The number of benzene rings is 2. The largest absolute Gasteiger partial charge is 0.493 e. The Morgan fingerprint density at radius 3 is 2.50 bits per heavy atom. The zero-order valence-corrected chi connectivity index (χ0v) is 16.0. The van der Waals surface area contributed by atoms with E-state index >= 15 is 0 Å². The molecule has 3 N–H and O–H groups in total. The van der Waals surface area contributed by atoms with Crippen molar-refractivity contribution in [3.63, 3.8) is 0 Å². The molecule has 0 unspecified atom stereocenters. The van der Waals surface area contributed by atoms with Gasteiger partial charge in [0, 0.05) is 18.4 Å². The van der Waals surface area contributed by atoms with Crippen LogP contribution in [0.2, 0.25) is 0 Å². The van der Waals surface area contributed by atoms with Gasteiger partial charge >= 0.3 is 5.97 Å². The normalized spacial score (nSPS) is 13.1. The number of oxazole rings is 1. The third kappa shape index (κ3) is 4.78. The molecule has 0 aliphatic heterocycles. The lowest BCUT2D eigenvalue weighted by Gasteiger charge is -2.19. The summed E-state index contributed by atoms with van der Waals surface area (Å²) in [7, 11) is 0. The van der Waals surface area contributed by atoms with E-state index in [0.717, 1.165) is 22.6 Å². The summed E-state index contributed by atoms with van der Waals surface area (Å²) < 4.78 is 11.5. The number of aliphatic carboxylic acids is 1. The molecule has 0 amide bonds. The number of aryl methyl sites for hydroxylation is 1. The van der Waals surface area contributed by atoms with Crippen molar-refractivity contribution < 1.29 is 19.1 Å². The summed E-state index contributed by atoms with van der Waals surface area (Å²) in [5, 5.41) is 9.12. The van der Waals surface area contributed by atoms with Gasteiger partial charge in [0.1, 0.15) is 17.0 Å². The van der Waals surface area contributed by atoms with Crippen molar-refractivity contribution in [2.45, 2.75) is 32.2 Å². The van der Waals surface area contributed by atoms with Crippen molar-refractivity contribution in [1.29, 1.82) is 0 Å². The van der Waals surface area contributed by atoms with Gasteiger partial charge in [-0.2, -0.15) is 0 Å². The smallest absolute Gasteiger partial charge is 0.323 e.